The van der Waals surface area contributed by atoms with Crippen LogP contribution in [-0.2, 0) is 0 Å². The number of rotatable bonds is 3. The summed E-state index contributed by atoms with van der Waals surface area (Å²) in [4.78, 5) is 15.3. The van der Waals surface area contributed by atoms with Crippen LogP contribution < -0.4 is 0 Å². The zero-order valence-corrected chi connectivity index (χ0v) is 13.8. The first kappa shape index (κ1) is 14.7. The topological polar surface area (TPSA) is 32.9 Å². The highest BCUT2D eigenvalue weighted by molar-refractivity contribution is 6.14. The summed E-state index contributed by atoms with van der Waals surface area (Å²) < 4.78 is 0. The molecule has 3 aromatic carbocycles. The number of nitrogens with one attached hydrogen (secondary N) is 1. The number of carbonyl (C=O) groups excluding carboxylic acids is 1. The van der Waals surface area contributed by atoms with Crippen LogP contribution >= 0.6 is 0 Å². The SMILES string of the molecule is CC(C)c1ccc(-c2[nH]c3c(ccc4ccccc43)c2C=O)cc1. The molecule has 4 rings (SSSR count). The third-order valence-electron chi connectivity index (χ3n) is 4.72. The number of H-pyrrole nitrogens is 1. The molecule has 0 unspecified atom stereocenters. The molecular formula is C22H19NO. The Morgan fingerprint density at radius 1 is 0.875 bits per heavy atom. The minimum absolute atomic E-state index is 0.497. The van der Waals surface area contributed by atoms with Gasteiger partial charge in [-0.15, -0.1) is 0 Å². The van der Waals surface area contributed by atoms with E-state index in [9.17, 15) is 4.79 Å². The lowest BCUT2D eigenvalue weighted by molar-refractivity contribution is 0.112. The van der Waals surface area contributed by atoms with Gasteiger partial charge < -0.3 is 4.98 Å². The maximum absolute atomic E-state index is 11.8. The minimum atomic E-state index is 0.497. The van der Waals surface area contributed by atoms with Gasteiger partial charge in [0.15, 0.2) is 6.29 Å². The van der Waals surface area contributed by atoms with Crippen molar-refractivity contribution in [1.29, 1.82) is 0 Å². The number of fused-ring (bicyclic) bond motifs is 3. The summed E-state index contributed by atoms with van der Waals surface area (Å²) in [6.45, 7) is 4.36. The van der Waals surface area contributed by atoms with Crippen molar-refractivity contribution in [2.75, 3.05) is 0 Å². The zero-order valence-electron chi connectivity index (χ0n) is 13.8. The highest BCUT2D eigenvalue weighted by Gasteiger charge is 2.14. The summed E-state index contributed by atoms with van der Waals surface area (Å²) in [5.41, 5.74) is 4.99. The molecule has 0 bridgehead atoms. The summed E-state index contributed by atoms with van der Waals surface area (Å²) >= 11 is 0. The van der Waals surface area contributed by atoms with Crippen LogP contribution in [0.2, 0.25) is 0 Å². The van der Waals surface area contributed by atoms with Gasteiger partial charge in [-0.1, -0.05) is 74.5 Å². The van der Waals surface area contributed by atoms with Crippen LogP contribution in [0.3, 0.4) is 0 Å². The summed E-state index contributed by atoms with van der Waals surface area (Å²) in [7, 11) is 0. The van der Waals surface area contributed by atoms with E-state index in [2.05, 4.69) is 61.3 Å². The standard InChI is InChI=1S/C22H19NO/c1-14(2)15-7-9-17(10-8-15)21-20(13-24)19-12-11-16-5-3-4-6-18(16)22(19)23-21/h3-14,23H,1-2H3. The molecular weight excluding hydrogens is 294 g/mol. The smallest absolute Gasteiger partial charge is 0.152 e. The van der Waals surface area contributed by atoms with Crippen molar-refractivity contribution >= 4 is 28.0 Å². The number of hydrogen-bond donors (Lipinski definition) is 1. The highest BCUT2D eigenvalue weighted by Crippen LogP contribution is 2.33. The molecule has 1 heterocycles. The van der Waals surface area contributed by atoms with Gasteiger partial charge in [-0.3, -0.25) is 4.79 Å². The van der Waals surface area contributed by atoms with Crippen LogP contribution in [-0.4, -0.2) is 11.3 Å². The predicted octanol–water partition coefficient (Wildman–Crippen LogP) is 5.92. The molecule has 0 spiro atoms. The molecule has 0 saturated heterocycles. The molecule has 4 aromatic rings. The second kappa shape index (κ2) is 5.64. The Hall–Kier alpha value is -2.87. The number of benzene rings is 3. The van der Waals surface area contributed by atoms with Crippen LogP contribution in [0.15, 0.2) is 60.7 Å². The van der Waals surface area contributed by atoms with E-state index < -0.39 is 0 Å². The lowest BCUT2D eigenvalue weighted by Gasteiger charge is -2.06. The molecule has 1 N–H and O–H groups in total. The van der Waals surface area contributed by atoms with Crippen molar-refractivity contribution in [3.63, 3.8) is 0 Å². The van der Waals surface area contributed by atoms with Gasteiger partial charge in [0, 0.05) is 16.3 Å². The van der Waals surface area contributed by atoms with E-state index in [0.29, 0.717) is 5.92 Å². The third kappa shape index (κ3) is 2.23. The van der Waals surface area contributed by atoms with Gasteiger partial charge >= 0.3 is 0 Å². The first-order valence-electron chi connectivity index (χ1n) is 8.28. The Kier molecular flexibility index (Phi) is 3.46. The molecule has 2 nitrogen and oxygen atoms in total. The van der Waals surface area contributed by atoms with Crippen molar-refractivity contribution in [1.82, 2.24) is 4.98 Å². The highest BCUT2D eigenvalue weighted by atomic mass is 16.1. The van der Waals surface area contributed by atoms with E-state index in [1.54, 1.807) is 0 Å². The zero-order chi connectivity index (χ0) is 16.7. The molecule has 1 aromatic heterocycles. The van der Waals surface area contributed by atoms with Crippen molar-refractivity contribution in [3.05, 3.63) is 71.8 Å². The van der Waals surface area contributed by atoms with E-state index in [4.69, 9.17) is 0 Å². The fraction of sp³-hybridized carbons (Fsp3) is 0.136. The van der Waals surface area contributed by atoms with Crippen LogP contribution in [0.1, 0.15) is 35.7 Å². The fourth-order valence-corrected chi connectivity index (χ4v) is 3.34. The second-order valence-electron chi connectivity index (χ2n) is 6.52. The number of carbonyl (C=O) groups is 1. The Bertz CT molecular complexity index is 1040. The Morgan fingerprint density at radius 2 is 1.62 bits per heavy atom. The maximum Gasteiger partial charge on any atom is 0.152 e. The van der Waals surface area contributed by atoms with Crippen LogP contribution in [0, 0.1) is 0 Å². The average Bonchev–Trinajstić information content (AvgIpc) is 3.00. The van der Waals surface area contributed by atoms with Gasteiger partial charge in [0.05, 0.1) is 11.2 Å². The predicted molar refractivity (Wildman–Crippen MR) is 101 cm³/mol. The molecule has 24 heavy (non-hydrogen) atoms. The summed E-state index contributed by atoms with van der Waals surface area (Å²) in [5.74, 6) is 0.497. The maximum atomic E-state index is 11.8. The first-order valence-corrected chi connectivity index (χ1v) is 8.28. The van der Waals surface area contributed by atoms with Gasteiger partial charge in [-0.2, -0.15) is 0 Å². The van der Waals surface area contributed by atoms with Crippen molar-refractivity contribution in [2.24, 2.45) is 0 Å². The summed E-state index contributed by atoms with van der Waals surface area (Å²) in [6.07, 6.45) is 0.958. The van der Waals surface area contributed by atoms with E-state index in [1.165, 1.54) is 10.9 Å². The summed E-state index contributed by atoms with van der Waals surface area (Å²) in [5, 5.41) is 3.29. The quantitative estimate of drug-likeness (QED) is 0.468. The van der Waals surface area contributed by atoms with E-state index in [1.807, 2.05) is 18.2 Å². The minimum Gasteiger partial charge on any atom is -0.353 e. The Labute approximate surface area is 141 Å². The molecule has 118 valence electrons. The molecule has 0 atom stereocenters. The van der Waals surface area contributed by atoms with Gasteiger partial charge in [0.1, 0.15) is 0 Å². The van der Waals surface area contributed by atoms with Gasteiger partial charge in [-0.25, -0.2) is 0 Å². The number of aldehydes is 1. The Morgan fingerprint density at radius 3 is 2.33 bits per heavy atom. The third-order valence-corrected chi connectivity index (χ3v) is 4.72. The molecule has 0 aliphatic rings. The van der Waals surface area contributed by atoms with Crippen molar-refractivity contribution in [2.45, 2.75) is 19.8 Å². The number of hydrogen-bond acceptors (Lipinski definition) is 1. The van der Waals surface area contributed by atoms with Crippen LogP contribution in [0.25, 0.3) is 32.9 Å². The van der Waals surface area contributed by atoms with Crippen LogP contribution in [0.4, 0.5) is 0 Å². The number of aromatic amines is 1. The van der Waals surface area contributed by atoms with Gasteiger partial charge in [-0.05, 0) is 22.4 Å². The number of aromatic nitrogens is 1. The lowest BCUT2D eigenvalue weighted by Crippen LogP contribution is -1.88. The van der Waals surface area contributed by atoms with Crippen molar-refractivity contribution < 1.29 is 4.79 Å². The fourth-order valence-electron chi connectivity index (χ4n) is 3.34. The largest absolute Gasteiger partial charge is 0.353 e. The lowest BCUT2D eigenvalue weighted by atomic mass is 9.99. The second-order valence-corrected chi connectivity index (χ2v) is 6.52. The molecule has 0 aliphatic carbocycles. The van der Waals surface area contributed by atoms with E-state index >= 15 is 0 Å². The van der Waals surface area contributed by atoms with E-state index in [-0.39, 0.29) is 0 Å². The molecule has 0 fully saturated rings. The Balaban J connectivity index is 1.98. The summed E-state index contributed by atoms with van der Waals surface area (Å²) in [6, 6.07) is 20.8. The molecule has 0 amide bonds. The van der Waals surface area contributed by atoms with Gasteiger partial charge in [0.25, 0.3) is 0 Å². The molecule has 0 saturated carbocycles. The molecule has 2 heteroatoms. The van der Waals surface area contributed by atoms with E-state index in [0.717, 1.165) is 39.4 Å². The van der Waals surface area contributed by atoms with Gasteiger partial charge in [0.2, 0.25) is 0 Å². The molecule has 0 aliphatic heterocycles. The molecule has 0 radical (unpaired) electrons. The monoisotopic (exact) mass is 313 g/mol. The first-order chi connectivity index (χ1) is 11.7. The van der Waals surface area contributed by atoms with Crippen molar-refractivity contribution in [3.8, 4) is 11.3 Å². The van der Waals surface area contributed by atoms with Crippen LogP contribution in [0.5, 0.6) is 0 Å². The average molecular weight is 313 g/mol. The normalized spacial score (nSPS) is 11.5.